The van der Waals surface area contributed by atoms with Crippen molar-refractivity contribution in [3.05, 3.63) is 52.4 Å². The van der Waals surface area contributed by atoms with Crippen molar-refractivity contribution in [2.24, 2.45) is 11.7 Å². The van der Waals surface area contributed by atoms with Gasteiger partial charge in [0.2, 0.25) is 5.91 Å². The molecule has 8 heteroatoms. The zero-order chi connectivity index (χ0) is 18.7. The Bertz CT molecular complexity index is 828. The number of amides is 2. The van der Waals surface area contributed by atoms with E-state index in [0.29, 0.717) is 16.7 Å². The van der Waals surface area contributed by atoms with Gasteiger partial charge in [-0.15, -0.1) is 0 Å². The van der Waals surface area contributed by atoms with Crippen LogP contribution in [-0.4, -0.2) is 29.9 Å². The number of nitrogens with two attached hydrogens (primary N) is 1. The van der Waals surface area contributed by atoms with E-state index in [1.807, 2.05) is 4.90 Å². The van der Waals surface area contributed by atoms with E-state index in [1.54, 1.807) is 12.1 Å². The van der Waals surface area contributed by atoms with E-state index in [1.165, 1.54) is 24.4 Å². The second-order valence-corrected chi connectivity index (χ2v) is 7.03. The Balaban J connectivity index is 1.69. The molecule has 0 saturated carbocycles. The van der Waals surface area contributed by atoms with Gasteiger partial charge in [-0.1, -0.05) is 0 Å². The molecule has 1 saturated heterocycles. The maximum atomic E-state index is 13.3. The number of aromatic nitrogens is 1. The molecule has 26 heavy (non-hydrogen) atoms. The first-order valence-corrected chi connectivity index (χ1v) is 9.00. The minimum Gasteiger partial charge on any atom is -0.369 e. The largest absolute Gasteiger partial charge is 0.369 e. The van der Waals surface area contributed by atoms with Crippen molar-refractivity contribution in [1.29, 1.82) is 0 Å². The molecule has 6 nitrogen and oxygen atoms in total. The molecule has 1 aromatic heterocycles. The average molecular weight is 421 g/mol. The van der Waals surface area contributed by atoms with Crippen LogP contribution in [0.4, 0.5) is 15.9 Å². The fourth-order valence-corrected chi connectivity index (χ4v) is 3.36. The van der Waals surface area contributed by atoms with Crippen molar-refractivity contribution in [2.75, 3.05) is 23.3 Å². The van der Waals surface area contributed by atoms with Crippen molar-refractivity contribution in [2.45, 2.75) is 12.8 Å². The van der Waals surface area contributed by atoms with Gasteiger partial charge in [-0.3, -0.25) is 9.59 Å². The third kappa shape index (κ3) is 4.19. The molecule has 1 unspecified atom stereocenters. The molecule has 2 amide bonds. The number of carbonyl (C=O) groups is 2. The van der Waals surface area contributed by atoms with Gasteiger partial charge in [-0.2, -0.15) is 0 Å². The number of pyridine rings is 1. The fraction of sp³-hybridized carbons (Fsp3) is 0.278. The van der Waals surface area contributed by atoms with Gasteiger partial charge in [0.15, 0.2) is 0 Å². The Morgan fingerprint density at radius 2 is 2.12 bits per heavy atom. The lowest BCUT2D eigenvalue weighted by Gasteiger charge is -2.32. The summed E-state index contributed by atoms with van der Waals surface area (Å²) in [6.45, 7) is 1.35. The number of rotatable bonds is 4. The summed E-state index contributed by atoms with van der Waals surface area (Å²) in [4.78, 5) is 30.0. The number of anilines is 2. The topological polar surface area (TPSA) is 88.3 Å². The molecule has 1 atom stereocenters. The summed E-state index contributed by atoms with van der Waals surface area (Å²) in [6.07, 6.45) is 3.21. The average Bonchev–Trinajstić information content (AvgIpc) is 2.64. The van der Waals surface area contributed by atoms with E-state index in [-0.39, 0.29) is 17.4 Å². The number of nitrogens with one attached hydrogen (secondary N) is 1. The van der Waals surface area contributed by atoms with Crippen molar-refractivity contribution in [3.63, 3.8) is 0 Å². The highest BCUT2D eigenvalue weighted by Crippen LogP contribution is 2.23. The van der Waals surface area contributed by atoms with Crippen LogP contribution in [0.25, 0.3) is 0 Å². The lowest BCUT2D eigenvalue weighted by molar-refractivity contribution is -0.122. The number of benzene rings is 1. The van der Waals surface area contributed by atoms with Crippen LogP contribution in [0.1, 0.15) is 23.2 Å². The minimum absolute atomic E-state index is 0.171. The Hall–Kier alpha value is -2.48. The number of nitrogens with zero attached hydrogens (tertiary/aromatic N) is 2. The molecule has 0 spiro atoms. The third-order valence-electron chi connectivity index (χ3n) is 4.33. The summed E-state index contributed by atoms with van der Waals surface area (Å²) >= 11 is 3.24. The molecular weight excluding hydrogens is 403 g/mol. The van der Waals surface area contributed by atoms with E-state index in [4.69, 9.17) is 5.73 Å². The van der Waals surface area contributed by atoms with Crippen LogP contribution in [0.3, 0.4) is 0 Å². The smallest absolute Gasteiger partial charge is 0.256 e. The number of primary amides is 1. The molecule has 136 valence electrons. The highest BCUT2D eigenvalue weighted by atomic mass is 79.9. The first kappa shape index (κ1) is 18.3. The van der Waals surface area contributed by atoms with Gasteiger partial charge in [0.1, 0.15) is 11.6 Å². The van der Waals surface area contributed by atoms with Crippen molar-refractivity contribution < 1.29 is 14.0 Å². The summed E-state index contributed by atoms with van der Waals surface area (Å²) in [5, 5.41) is 2.69. The molecule has 0 aliphatic carbocycles. The van der Waals surface area contributed by atoms with Crippen LogP contribution in [0.5, 0.6) is 0 Å². The Labute approximate surface area is 158 Å². The molecule has 3 rings (SSSR count). The highest BCUT2D eigenvalue weighted by molar-refractivity contribution is 9.10. The summed E-state index contributed by atoms with van der Waals surface area (Å²) in [5.74, 6) is -0.658. The molecule has 3 N–H and O–H groups in total. The highest BCUT2D eigenvalue weighted by Gasteiger charge is 2.24. The van der Waals surface area contributed by atoms with Crippen LogP contribution >= 0.6 is 15.9 Å². The van der Waals surface area contributed by atoms with Gasteiger partial charge in [-0.05, 0) is 59.1 Å². The van der Waals surface area contributed by atoms with Crippen LogP contribution in [0.2, 0.25) is 0 Å². The predicted octanol–water partition coefficient (Wildman–Crippen LogP) is 2.94. The van der Waals surface area contributed by atoms with E-state index in [0.717, 1.165) is 25.2 Å². The summed E-state index contributed by atoms with van der Waals surface area (Å²) < 4.78 is 13.8. The summed E-state index contributed by atoms with van der Waals surface area (Å²) in [5.41, 5.74) is 6.10. The van der Waals surface area contributed by atoms with Crippen LogP contribution in [-0.2, 0) is 4.79 Å². The monoisotopic (exact) mass is 420 g/mol. The summed E-state index contributed by atoms with van der Waals surface area (Å²) in [7, 11) is 0. The van der Waals surface area contributed by atoms with Gasteiger partial charge in [0.25, 0.3) is 5.91 Å². The molecule has 0 bridgehead atoms. The van der Waals surface area contributed by atoms with Gasteiger partial charge in [0, 0.05) is 17.6 Å². The quantitative estimate of drug-likeness (QED) is 0.795. The number of piperidine rings is 1. The van der Waals surface area contributed by atoms with E-state index in [2.05, 4.69) is 26.2 Å². The standard InChI is InChI=1S/C18H18BrFN4O2/c19-15-5-3-12(20)8-14(15)18(26)23-13-4-6-16(22-9-13)24-7-1-2-11(10-24)17(21)25/h3-6,8-9,11H,1-2,7,10H2,(H2,21,25)(H,23,26). The van der Waals surface area contributed by atoms with Gasteiger partial charge < -0.3 is 16.0 Å². The first-order chi connectivity index (χ1) is 12.4. The third-order valence-corrected chi connectivity index (χ3v) is 5.02. The SMILES string of the molecule is NC(=O)C1CCCN(c2ccc(NC(=O)c3cc(F)ccc3Br)cn2)C1. The molecule has 1 aliphatic heterocycles. The van der Waals surface area contributed by atoms with Gasteiger partial charge in [-0.25, -0.2) is 9.37 Å². The van der Waals surface area contributed by atoms with E-state index < -0.39 is 11.7 Å². The van der Waals surface area contributed by atoms with Crippen LogP contribution in [0, 0.1) is 11.7 Å². The first-order valence-electron chi connectivity index (χ1n) is 8.21. The zero-order valence-corrected chi connectivity index (χ0v) is 15.5. The maximum Gasteiger partial charge on any atom is 0.256 e. The van der Waals surface area contributed by atoms with Crippen molar-refractivity contribution in [3.8, 4) is 0 Å². The zero-order valence-electron chi connectivity index (χ0n) is 13.9. The molecule has 2 heterocycles. The van der Waals surface area contributed by atoms with Crippen molar-refractivity contribution in [1.82, 2.24) is 4.98 Å². The van der Waals surface area contributed by atoms with Crippen LogP contribution < -0.4 is 16.0 Å². The van der Waals surface area contributed by atoms with Gasteiger partial charge in [0.05, 0.1) is 23.4 Å². The lowest BCUT2D eigenvalue weighted by atomic mass is 9.97. The predicted molar refractivity (Wildman–Crippen MR) is 100 cm³/mol. The number of hydrogen-bond acceptors (Lipinski definition) is 4. The Kier molecular flexibility index (Phi) is 5.51. The second-order valence-electron chi connectivity index (χ2n) is 6.17. The molecule has 1 fully saturated rings. The molecule has 2 aromatic rings. The van der Waals surface area contributed by atoms with Gasteiger partial charge >= 0.3 is 0 Å². The minimum atomic E-state index is -0.485. The van der Waals surface area contributed by atoms with Crippen LogP contribution in [0.15, 0.2) is 41.0 Å². The molecule has 1 aliphatic rings. The Morgan fingerprint density at radius 3 is 2.81 bits per heavy atom. The molecule has 1 aromatic carbocycles. The molecule has 0 radical (unpaired) electrons. The van der Waals surface area contributed by atoms with Crippen molar-refractivity contribution >= 4 is 39.2 Å². The second kappa shape index (κ2) is 7.82. The number of carbonyl (C=O) groups excluding carboxylic acids is 2. The summed E-state index contributed by atoms with van der Waals surface area (Å²) in [6, 6.07) is 7.42. The fourth-order valence-electron chi connectivity index (χ4n) is 2.93. The molecular formula is C18H18BrFN4O2. The van der Waals surface area contributed by atoms with E-state index in [9.17, 15) is 14.0 Å². The van der Waals surface area contributed by atoms with E-state index >= 15 is 0 Å². The normalized spacial score (nSPS) is 17.0. The Morgan fingerprint density at radius 1 is 1.31 bits per heavy atom. The number of halogens is 2. The number of hydrogen-bond donors (Lipinski definition) is 2. The maximum absolute atomic E-state index is 13.3. The lowest BCUT2D eigenvalue weighted by Crippen LogP contribution is -2.41.